The molecule has 5 heteroatoms. The van der Waals surface area contributed by atoms with Crippen molar-refractivity contribution in [3.8, 4) is 0 Å². The average molecular weight is 272 g/mol. The third-order valence-electron chi connectivity index (χ3n) is 2.93. The van der Waals surface area contributed by atoms with E-state index in [-0.39, 0.29) is 12.2 Å². The molecule has 1 aromatic heterocycles. The smallest absolute Gasteiger partial charge is 0.155 e. The summed E-state index contributed by atoms with van der Waals surface area (Å²) >= 11 is 6.17. The maximum Gasteiger partial charge on any atom is 0.155 e. The first-order valence-electron chi connectivity index (χ1n) is 6.36. The summed E-state index contributed by atoms with van der Waals surface area (Å²) < 4.78 is 1.78. The number of nitrogens with zero attached hydrogens (tertiary/aromatic N) is 2. The van der Waals surface area contributed by atoms with E-state index in [2.05, 4.69) is 18.9 Å². The van der Waals surface area contributed by atoms with Gasteiger partial charge in [-0.2, -0.15) is 5.10 Å². The largest absolute Gasteiger partial charge is 0.321 e. The Balaban J connectivity index is 2.81. The predicted molar refractivity (Wildman–Crippen MR) is 73.8 cm³/mol. The summed E-state index contributed by atoms with van der Waals surface area (Å²) in [6, 6.07) is -0.415. The number of aromatic nitrogens is 2. The van der Waals surface area contributed by atoms with Gasteiger partial charge in [-0.05, 0) is 26.2 Å². The van der Waals surface area contributed by atoms with Crippen LogP contribution < -0.4 is 5.73 Å². The van der Waals surface area contributed by atoms with Crippen molar-refractivity contribution in [1.29, 1.82) is 0 Å². The minimum Gasteiger partial charge on any atom is -0.321 e. The normalized spacial score (nSPS) is 13.1. The van der Waals surface area contributed by atoms with Crippen molar-refractivity contribution in [2.24, 2.45) is 11.7 Å². The van der Waals surface area contributed by atoms with Gasteiger partial charge >= 0.3 is 0 Å². The Morgan fingerprint density at radius 2 is 2.11 bits per heavy atom. The van der Waals surface area contributed by atoms with Crippen LogP contribution in [0.15, 0.2) is 0 Å². The first kappa shape index (κ1) is 15.2. The Morgan fingerprint density at radius 3 is 2.61 bits per heavy atom. The summed E-state index contributed by atoms with van der Waals surface area (Å²) in [7, 11) is 0. The fraction of sp³-hybridized carbons (Fsp3) is 0.692. The number of ketones is 1. The van der Waals surface area contributed by atoms with Crippen molar-refractivity contribution in [3.05, 3.63) is 16.4 Å². The van der Waals surface area contributed by atoms with Crippen LogP contribution >= 0.6 is 11.6 Å². The molecule has 1 heterocycles. The van der Waals surface area contributed by atoms with Gasteiger partial charge in [0.1, 0.15) is 0 Å². The van der Waals surface area contributed by atoms with Crippen molar-refractivity contribution in [1.82, 2.24) is 9.78 Å². The first-order chi connectivity index (χ1) is 8.36. The molecule has 1 atom stereocenters. The molecule has 0 bridgehead atoms. The Morgan fingerprint density at radius 1 is 1.50 bits per heavy atom. The number of nitrogens with two attached hydrogens (primary N) is 1. The van der Waals surface area contributed by atoms with E-state index in [0.717, 1.165) is 11.4 Å². The minimum absolute atomic E-state index is 0.0280. The summed E-state index contributed by atoms with van der Waals surface area (Å²) in [5.74, 6) is 0.442. The summed E-state index contributed by atoms with van der Waals surface area (Å²) in [6.45, 7) is 8.64. The van der Waals surface area contributed by atoms with Crippen molar-refractivity contribution in [3.63, 3.8) is 0 Å². The lowest BCUT2D eigenvalue weighted by Crippen LogP contribution is -2.33. The van der Waals surface area contributed by atoms with Crippen molar-refractivity contribution >= 4 is 17.4 Å². The zero-order valence-electron chi connectivity index (χ0n) is 11.5. The van der Waals surface area contributed by atoms with Gasteiger partial charge < -0.3 is 5.73 Å². The number of rotatable bonds is 6. The fourth-order valence-electron chi connectivity index (χ4n) is 1.97. The highest BCUT2D eigenvalue weighted by Crippen LogP contribution is 2.21. The topological polar surface area (TPSA) is 60.9 Å². The molecule has 1 rings (SSSR count). The lowest BCUT2D eigenvalue weighted by Gasteiger charge is -2.13. The van der Waals surface area contributed by atoms with Crippen LogP contribution in [0, 0.1) is 12.8 Å². The summed E-state index contributed by atoms with van der Waals surface area (Å²) in [5.41, 5.74) is 7.43. The average Bonchev–Trinajstić information content (AvgIpc) is 2.55. The third kappa shape index (κ3) is 3.56. The van der Waals surface area contributed by atoms with Crippen LogP contribution in [0.3, 0.4) is 0 Å². The van der Waals surface area contributed by atoms with Crippen molar-refractivity contribution < 1.29 is 4.79 Å². The van der Waals surface area contributed by atoms with Gasteiger partial charge in [0.25, 0.3) is 0 Å². The van der Waals surface area contributed by atoms with Crippen LogP contribution in [0.2, 0.25) is 5.02 Å². The van der Waals surface area contributed by atoms with Crippen molar-refractivity contribution in [2.75, 3.05) is 0 Å². The number of hydrogen-bond donors (Lipinski definition) is 1. The Hall–Kier alpha value is -0.870. The molecule has 18 heavy (non-hydrogen) atoms. The predicted octanol–water partition coefficient (Wildman–Crippen LogP) is 2.35. The van der Waals surface area contributed by atoms with Gasteiger partial charge in [-0.3, -0.25) is 9.48 Å². The molecule has 0 saturated carbocycles. The molecular formula is C13H22ClN3O. The number of aryl methyl sites for hydroxylation is 2. The second-order valence-electron chi connectivity index (χ2n) is 5.04. The number of carbonyl (C=O) groups is 1. The lowest BCUT2D eigenvalue weighted by molar-refractivity contribution is -0.120. The second kappa shape index (κ2) is 6.34. The van der Waals surface area contributed by atoms with Crippen LogP contribution in [0.4, 0.5) is 0 Å². The fourth-order valence-corrected chi connectivity index (χ4v) is 2.18. The molecule has 102 valence electrons. The standard InChI is InChI=1S/C13H22ClN3O/c1-5-17-11(13(14)9(4)16-17)7-12(18)10(15)6-8(2)3/h8,10H,5-7,15H2,1-4H3. The van der Waals surface area contributed by atoms with Crippen LogP contribution in [-0.4, -0.2) is 21.6 Å². The van der Waals surface area contributed by atoms with E-state index in [0.29, 0.717) is 23.9 Å². The molecule has 0 fully saturated rings. The van der Waals surface area contributed by atoms with Gasteiger partial charge in [0, 0.05) is 6.54 Å². The van der Waals surface area contributed by atoms with Gasteiger partial charge in [0.05, 0.1) is 28.9 Å². The van der Waals surface area contributed by atoms with E-state index in [1.807, 2.05) is 13.8 Å². The maximum absolute atomic E-state index is 12.1. The monoisotopic (exact) mass is 271 g/mol. The van der Waals surface area contributed by atoms with Crippen molar-refractivity contribution in [2.45, 2.75) is 53.1 Å². The van der Waals surface area contributed by atoms with E-state index in [1.165, 1.54) is 0 Å². The molecule has 0 saturated heterocycles. The highest BCUT2D eigenvalue weighted by Gasteiger charge is 2.20. The van der Waals surface area contributed by atoms with Gasteiger partial charge in [0.15, 0.2) is 5.78 Å². The molecule has 0 aliphatic carbocycles. The molecular weight excluding hydrogens is 250 g/mol. The molecule has 0 spiro atoms. The number of carbonyl (C=O) groups excluding carboxylic acids is 1. The molecule has 0 amide bonds. The maximum atomic E-state index is 12.1. The van der Waals surface area contributed by atoms with E-state index in [4.69, 9.17) is 17.3 Å². The summed E-state index contributed by atoms with van der Waals surface area (Å²) in [4.78, 5) is 12.1. The Kier molecular flexibility index (Phi) is 5.35. The molecule has 0 aliphatic heterocycles. The molecule has 2 N–H and O–H groups in total. The lowest BCUT2D eigenvalue weighted by atomic mass is 9.98. The Bertz CT molecular complexity index is 426. The quantitative estimate of drug-likeness (QED) is 0.864. The highest BCUT2D eigenvalue weighted by atomic mass is 35.5. The van der Waals surface area contributed by atoms with Crippen LogP contribution in [0.1, 0.15) is 38.6 Å². The second-order valence-corrected chi connectivity index (χ2v) is 5.42. The Labute approximate surface area is 113 Å². The number of hydrogen-bond acceptors (Lipinski definition) is 3. The zero-order valence-corrected chi connectivity index (χ0v) is 12.3. The molecule has 1 aromatic rings. The van der Waals surface area contributed by atoms with Gasteiger partial charge in [0.2, 0.25) is 0 Å². The van der Waals surface area contributed by atoms with Gasteiger partial charge in [-0.25, -0.2) is 0 Å². The number of halogens is 1. The van der Waals surface area contributed by atoms with Gasteiger partial charge in [-0.15, -0.1) is 0 Å². The first-order valence-corrected chi connectivity index (χ1v) is 6.74. The molecule has 4 nitrogen and oxygen atoms in total. The highest BCUT2D eigenvalue weighted by molar-refractivity contribution is 6.32. The molecule has 1 unspecified atom stereocenters. The van der Waals surface area contributed by atoms with E-state index in [9.17, 15) is 4.79 Å². The van der Waals surface area contributed by atoms with Crippen LogP contribution in [-0.2, 0) is 17.8 Å². The number of Topliss-reactive ketones (excluding diaryl/α,β-unsaturated/α-hetero) is 1. The molecule has 0 aliphatic rings. The van der Waals surface area contributed by atoms with Crippen LogP contribution in [0.25, 0.3) is 0 Å². The van der Waals surface area contributed by atoms with E-state index >= 15 is 0 Å². The third-order valence-corrected chi connectivity index (χ3v) is 3.43. The van der Waals surface area contributed by atoms with Gasteiger partial charge in [-0.1, -0.05) is 25.4 Å². The van der Waals surface area contributed by atoms with E-state index < -0.39 is 6.04 Å². The SMILES string of the molecule is CCn1nc(C)c(Cl)c1CC(=O)C(N)CC(C)C. The summed E-state index contributed by atoms with van der Waals surface area (Å²) in [5, 5.41) is 4.88. The van der Waals surface area contributed by atoms with Crippen LogP contribution in [0.5, 0.6) is 0 Å². The zero-order chi connectivity index (χ0) is 13.9. The summed E-state index contributed by atoms with van der Waals surface area (Å²) in [6.07, 6.45) is 0.969. The molecule has 0 aromatic carbocycles. The van der Waals surface area contributed by atoms with E-state index in [1.54, 1.807) is 4.68 Å². The molecule has 0 radical (unpaired) electrons. The minimum atomic E-state index is -0.415.